The van der Waals surface area contributed by atoms with Crippen LogP contribution < -0.4 is 10.1 Å². The van der Waals surface area contributed by atoms with Gasteiger partial charge in [0.1, 0.15) is 17.7 Å². The van der Waals surface area contributed by atoms with E-state index in [1.54, 1.807) is 0 Å². The molecule has 1 fully saturated rings. The van der Waals surface area contributed by atoms with Crippen LogP contribution in [0.2, 0.25) is 0 Å². The molecular weight excluding hydrogens is 226 g/mol. The van der Waals surface area contributed by atoms with Crippen LogP contribution >= 0.6 is 0 Å². The van der Waals surface area contributed by atoms with Crippen LogP contribution in [0.3, 0.4) is 0 Å². The van der Waals surface area contributed by atoms with Crippen LogP contribution in [-0.4, -0.2) is 23.1 Å². The first-order valence-electron chi connectivity index (χ1n) is 6.96. The molecule has 4 heteroatoms. The molecule has 0 saturated heterocycles. The summed E-state index contributed by atoms with van der Waals surface area (Å²) in [7, 11) is 1.89. The van der Waals surface area contributed by atoms with Crippen LogP contribution in [0.4, 0.5) is 5.82 Å². The Kier molecular flexibility index (Phi) is 4.39. The maximum Gasteiger partial charge on any atom is 0.222 e. The summed E-state index contributed by atoms with van der Waals surface area (Å²) >= 11 is 0. The van der Waals surface area contributed by atoms with Crippen molar-refractivity contribution in [3.05, 3.63) is 11.4 Å². The summed E-state index contributed by atoms with van der Waals surface area (Å²) in [5.74, 6) is 2.53. The highest BCUT2D eigenvalue weighted by atomic mass is 16.5. The highest BCUT2D eigenvalue weighted by Crippen LogP contribution is 2.27. The molecule has 4 nitrogen and oxygen atoms in total. The van der Waals surface area contributed by atoms with E-state index >= 15 is 0 Å². The van der Waals surface area contributed by atoms with Crippen molar-refractivity contribution in [1.29, 1.82) is 0 Å². The Labute approximate surface area is 109 Å². The molecule has 0 aliphatic heterocycles. The summed E-state index contributed by atoms with van der Waals surface area (Å²) in [4.78, 5) is 9.07. The summed E-state index contributed by atoms with van der Waals surface area (Å²) < 4.78 is 6.04. The smallest absolute Gasteiger partial charge is 0.222 e. The van der Waals surface area contributed by atoms with Crippen molar-refractivity contribution in [3.8, 4) is 5.88 Å². The molecule has 1 aliphatic rings. The van der Waals surface area contributed by atoms with Crippen LogP contribution in [-0.2, 0) is 6.42 Å². The zero-order valence-electron chi connectivity index (χ0n) is 11.6. The molecular formula is C14H23N3O. The number of nitrogens with zero attached hydrogens (tertiary/aromatic N) is 2. The Morgan fingerprint density at radius 3 is 2.61 bits per heavy atom. The molecule has 1 aromatic heterocycles. The summed E-state index contributed by atoms with van der Waals surface area (Å²) in [6.45, 7) is 4.16. The number of anilines is 1. The minimum atomic E-state index is 0.345. The molecule has 0 atom stereocenters. The molecule has 1 heterocycles. The van der Waals surface area contributed by atoms with Crippen molar-refractivity contribution in [1.82, 2.24) is 9.97 Å². The number of hydrogen-bond acceptors (Lipinski definition) is 4. The lowest BCUT2D eigenvalue weighted by atomic mass is 10.2. The van der Waals surface area contributed by atoms with E-state index in [-0.39, 0.29) is 0 Å². The SMILES string of the molecule is CCCc1nc(NC)c(C)c(OC2CCCC2)n1. The highest BCUT2D eigenvalue weighted by molar-refractivity contribution is 5.48. The Morgan fingerprint density at radius 1 is 1.28 bits per heavy atom. The fraction of sp³-hybridized carbons (Fsp3) is 0.714. The van der Waals surface area contributed by atoms with Gasteiger partial charge in [-0.2, -0.15) is 4.98 Å². The summed E-state index contributed by atoms with van der Waals surface area (Å²) in [5.41, 5.74) is 1.02. The average Bonchev–Trinajstić information content (AvgIpc) is 2.86. The van der Waals surface area contributed by atoms with Gasteiger partial charge in [-0.3, -0.25) is 0 Å². The van der Waals surface area contributed by atoms with Crippen molar-refractivity contribution in [3.63, 3.8) is 0 Å². The van der Waals surface area contributed by atoms with Gasteiger partial charge in [0.2, 0.25) is 5.88 Å². The normalized spacial score (nSPS) is 15.9. The summed E-state index contributed by atoms with van der Waals surface area (Å²) in [6.07, 6.45) is 7.15. The van der Waals surface area contributed by atoms with Crippen LogP contribution in [0.1, 0.15) is 50.4 Å². The molecule has 0 aromatic carbocycles. The summed E-state index contributed by atoms with van der Waals surface area (Å²) in [6, 6.07) is 0. The topological polar surface area (TPSA) is 47.0 Å². The maximum atomic E-state index is 6.04. The first-order chi connectivity index (χ1) is 8.74. The monoisotopic (exact) mass is 249 g/mol. The molecule has 0 amide bonds. The molecule has 1 N–H and O–H groups in total. The van der Waals surface area contributed by atoms with Gasteiger partial charge in [0.05, 0.1) is 5.56 Å². The van der Waals surface area contributed by atoms with E-state index in [9.17, 15) is 0 Å². The van der Waals surface area contributed by atoms with Gasteiger partial charge in [0.15, 0.2) is 0 Å². The van der Waals surface area contributed by atoms with E-state index in [2.05, 4.69) is 22.2 Å². The van der Waals surface area contributed by atoms with Crippen molar-refractivity contribution in [2.24, 2.45) is 0 Å². The van der Waals surface area contributed by atoms with Crippen molar-refractivity contribution in [2.75, 3.05) is 12.4 Å². The second-order valence-electron chi connectivity index (χ2n) is 4.94. The molecule has 100 valence electrons. The first-order valence-corrected chi connectivity index (χ1v) is 6.96. The lowest BCUT2D eigenvalue weighted by molar-refractivity contribution is 0.199. The largest absolute Gasteiger partial charge is 0.474 e. The third-order valence-electron chi connectivity index (χ3n) is 3.44. The van der Waals surface area contributed by atoms with Crippen LogP contribution in [0, 0.1) is 6.92 Å². The van der Waals surface area contributed by atoms with Gasteiger partial charge in [-0.25, -0.2) is 4.98 Å². The summed E-state index contributed by atoms with van der Waals surface area (Å²) in [5, 5.41) is 3.13. The maximum absolute atomic E-state index is 6.04. The molecule has 1 saturated carbocycles. The number of aryl methyl sites for hydroxylation is 1. The van der Waals surface area contributed by atoms with Crippen molar-refractivity contribution < 1.29 is 4.74 Å². The predicted octanol–water partition coefficient (Wildman–Crippen LogP) is 3.10. The lowest BCUT2D eigenvalue weighted by Crippen LogP contribution is -2.15. The van der Waals surface area contributed by atoms with Gasteiger partial charge in [-0.05, 0) is 39.0 Å². The average molecular weight is 249 g/mol. The molecule has 0 unspecified atom stereocenters. The van der Waals surface area contributed by atoms with E-state index in [1.807, 2.05) is 14.0 Å². The van der Waals surface area contributed by atoms with Gasteiger partial charge in [-0.1, -0.05) is 6.92 Å². The third-order valence-corrected chi connectivity index (χ3v) is 3.44. The van der Waals surface area contributed by atoms with Crippen molar-refractivity contribution in [2.45, 2.75) is 58.5 Å². The second kappa shape index (κ2) is 6.03. The quantitative estimate of drug-likeness (QED) is 0.871. The third kappa shape index (κ3) is 2.92. The number of aromatic nitrogens is 2. The molecule has 0 bridgehead atoms. The van der Waals surface area contributed by atoms with Gasteiger partial charge in [0, 0.05) is 13.5 Å². The zero-order chi connectivity index (χ0) is 13.0. The van der Waals surface area contributed by atoms with Crippen LogP contribution in [0.25, 0.3) is 0 Å². The fourth-order valence-corrected chi connectivity index (χ4v) is 2.40. The van der Waals surface area contributed by atoms with E-state index < -0.39 is 0 Å². The van der Waals surface area contributed by atoms with Crippen LogP contribution in [0.5, 0.6) is 5.88 Å². The number of nitrogens with one attached hydrogen (secondary N) is 1. The lowest BCUT2D eigenvalue weighted by Gasteiger charge is -2.16. The molecule has 1 aromatic rings. The Bertz CT molecular complexity index is 400. The van der Waals surface area contributed by atoms with Gasteiger partial charge in [-0.15, -0.1) is 0 Å². The minimum absolute atomic E-state index is 0.345. The minimum Gasteiger partial charge on any atom is -0.474 e. The van der Waals surface area contributed by atoms with E-state index in [4.69, 9.17) is 4.74 Å². The zero-order valence-corrected chi connectivity index (χ0v) is 11.6. The second-order valence-corrected chi connectivity index (χ2v) is 4.94. The molecule has 0 spiro atoms. The number of hydrogen-bond donors (Lipinski definition) is 1. The molecule has 18 heavy (non-hydrogen) atoms. The van der Waals surface area contributed by atoms with Gasteiger partial charge in [0.25, 0.3) is 0 Å². The Balaban J connectivity index is 2.22. The molecule has 0 radical (unpaired) electrons. The Hall–Kier alpha value is -1.32. The predicted molar refractivity (Wildman–Crippen MR) is 73.2 cm³/mol. The van der Waals surface area contributed by atoms with Gasteiger partial charge >= 0.3 is 0 Å². The Morgan fingerprint density at radius 2 is 2.00 bits per heavy atom. The standard InChI is InChI=1S/C14H23N3O/c1-4-7-12-16-13(15-3)10(2)14(17-12)18-11-8-5-6-9-11/h11H,4-9H2,1-3H3,(H,15,16,17). The van der Waals surface area contributed by atoms with E-state index in [0.29, 0.717) is 6.10 Å². The highest BCUT2D eigenvalue weighted by Gasteiger charge is 2.19. The van der Waals surface area contributed by atoms with E-state index in [0.717, 1.165) is 48.8 Å². The van der Waals surface area contributed by atoms with Gasteiger partial charge < -0.3 is 10.1 Å². The molecule has 2 rings (SSSR count). The first kappa shape index (κ1) is 13.1. The number of ether oxygens (including phenoxy) is 1. The van der Waals surface area contributed by atoms with Crippen LogP contribution in [0.15, 0.2) is 0 Å². The van der Waals surface area contributed by atoms with Crippen molar-refractivity contribution >= 4 is 5.82 Å². The fourth-order valence-electron chi connectivity index (χ4n) is 2.40. The number of rotatable bonds is 5. The molecule has 1 aliphatic carbocycles. The van der Waals surface area contributed by atoms with E-state index in [1.165, 1.54) is 12.8 Å².